The number of nitrogens with one attached hydrogen (secondary N) is 1. The maximum absolute atomic E-state index is 11.8. The van der Waals surface area contributed by atoms with Gasteiger partial charge in [0.1, 0.15) is 10.3 Å². The lowest BCUT2D eigenvalue weighted by molar-refractivity contribution is -0.139. The molecule has 8 heteroatoms. The maximum Gasteiger partial charge on any atom is 0.324 e. The van der Waals surface area contributed by atoms with Crippen molar-refractivity contribution >= 4 is 27.3 Å². The van der Waals surface area contributed by atoms with E-state index in [1.807, 2.05) is 11.6 Å². The highest BCUT2D eigenvalue weighted by Crippen LogP contribution is 2.21. The van der Waals surface area contributed by atoms with Gasteiger partial charge in [0, 0.05) is 4.88 Å². The molecule has 0 aliphatic carbocycles. The quantitative estimate of drug-likeness (QED) is 0.682. The van der Waals surface area contributed by atoms with Gasteiger partial charge in [-0.05, 0) is 18.6 Å². The van der Waals surface area contributed by atoms with Crippen molar-refractivity contribution in [2.75, 3.05) is 6.61 Å². The van der Waals surface area contributed by atoms with Gasteiger partial charge in [0.25, 0.3) is 10.0 Å². The molecule has 0 saturated heterocycles. The van der Waals surface area contributed by atoms with E-state index in [1.165, 1.54) is 6.07 Å². The number of thiophene rings is 1. The summed E-state index contributed by atoms with van der Waals surface area (Å²) in [7, 11) is -3.88. The zero-order chi connectivity index (χ0) is 13.1. The largest absolute Gasteiger partial charge is 0.480 e. The Kier molecular flexibility index (Phi) is 4.63. The predicted molar refractivity (Wildman–Crippen MR) is 62.5 cm³/mol. The van der Waals surface area contributed by atoms with Crippen LogP contribution >= 0.6 is 11.3 Å². The molecule has 1 heterocycles. The van der Waals surface area contributed by atoms with Crippen LogP contribution in [-0.2, 0) is 21.2 Å². The molecule has 0 fully saturated rings. The number of carbonyl (C=O) groups is 1. The summed E-state index contributed by atoms with van der Waals surface area (Å²) in [5.74, 6) is -1.41. The lowest BCUT2D eigenvalue weighted by Crippen LogP contribution is -2.42. The standard InChI is InChI=1S/C9H13NO5S2/c1-2-6-3-4-8(16-6)17(14,15)10-7(5-11)9(12)13/h3-4,7,10-11H,2,5H2,1H3,(H,12,13). The molecule has 1 aromatic heterocycles. The maximum atomic E-state index is 11.8. The van der Waals surface area contributed by atoms with Gasteiger partial charge in [-0.1, -0.05) is 6.92 Å². The van der Waals surface area contributed by atoms with Gasteiger partial charge >= 0.3 is 5.97 Å². The van der Waals surface area contributed by atoms with Crippen LogP contribution in [0.4, 0.5) is 0 Å². The molecule has 17 heavy (non-hydrogen) atoms. The van der Waals surface area contributed by atoms with Crippen LogP contribution in [0.5, 0.6) is 0 Å². The fourth-order valence-electron chi connectivity index (χ4n) is 1.10. The first-order chi connectivity index (χ1) is 7.90. The highest BCUT2D eigenvalue weighted by Gasteiger charge is 2.25. The van der Waals surface area contributed by atoms with Crippen LogP contribution < -0.4 is 4.72 Å². The van der Waals surface area contributed by atoms with Gasteiger partial charge in [-0.25, -0.2) is 8.42 Å². The van der Waals surface area contributed by atoms with E-state index >= 15 is 0 Å². The minimum Gasteiger partial charge on any atom is -0.480 e. The van der Waals surface area contributed by atoms with E-state index in [9.17, 15) is 13.2 Å². The highest BCUT2D eigenvalue weighted by atomic mass is 32.2. The van der Waals surface area contributed by atoms with Crippen LogP contribution in [0.2, 0.25) is 0 Å². The Bertz CT molecular complexity index is 493. The van der Waals surface area contributed by atoms with E-state index in [4.69, 9.17) is 10.2 Å². The van der Waals surface area contributed by atoms with Crippen LogP contribution in [0.15, 0.2) is 16.3 Å². The number of aliphatic carboxylic acids is 1. The lowest BCUT2D eigenvalue weighted by atomic mass is 10.3. The molecule has 0 saturated carbocycles. The SMILES string of the molecule is CCc1ccc(S(=O)(=O)NC(CO)C(=O)O)s1. The number of aliphatic hydroxyl groups excluding tert-OH is 1. The average Bonchev–Trinajstić information content (AvgIpc) is 2.74. The van der Waals surface area contributed by atoms with Crippen molar-refractivity contribution < 1.29 is 23.4 Å². The molecule has 0 aliphatic rings. The number of aliphatic hydroxyl groups is 1. The first-order valence-electron chi connectivity index (χ1n) is 4.85. The zero-order valence-electron chi connectivity index (χ0n) is 9.08. The number of sulfonamides is 1. The fraction of sp³-hybridized carbons (Fsp3) is 0.444. The van der Waals surface area contributed by atoms with Gasteiger partial charge in [0.05, 0.1) is 6.61 Å². The number of aryl methyl sites for hydroxylation is 1. The van der Waals surface area contributed by atoms with Crippen LogP contribution in [0.3, 0.4) is 0 Å². The molecule has 1 atom stereocenters. The molecule has 0 bridgehead atoms. The lowest BCUT2D eigenvalue weighted by Gasteiger charge is -2.10. The van der Waals surface area contributed by atoms with Crippen LogP contribution in [0.25, 0.3) is 0 Å². The summed E-state index contributed by atoms with van der Waals surface area (Å²) >= 11 is 1.08. The molecule has 0 amide bonds. The molecule has 96 valence electrons. The number of hydrogen-bond donors (Lipinski definition) is 3. The van der Waals surface area contributed by atoms with Gasteiger partial charge in [-0.15, -0.1) is 11.3 Å². The Balaban J connectivity index is 2.91. The number of carboxylic acid groups (broad SMARTS) is 1. The van der Waals surface area contributed by atoms with E-state index < -0.39 is 28.6 Å². The summed E-state index contributed by atoms with van der Waals surface area (Å²) in [6, 6.07) is 1.57. The Labute approximate surface area is 103 Å². The van der Waals surface area contributed by atoms with Crippen molar-refractivity contribution in [2.24, 2.45) is 0 Å². The minimum atomic E-state index is -3.88. The number of carboxylic acids is 1. The fourth-order valence-corrected chi connectivity index (χ4v) is 3.60. The molecule has 0 spiro atoms. The van der Waals surface area contributed by atoms with Crippen molar-refractivity contribution in [1.29, 1.82) is 0 Å². The van der Waals surface area contributed by atoms with E-state index in [-0.39, 0.29) is 4.21 Å². The smallest absolute Gasteiger partial charge is 0.324 e. The van der Waals surface area contributed by atoms with Crippen molar-refractivity contribution in [2.45, 2.75) is 23.6 Å². The van der Waals surface area contributed by atoms with Crippen molar-refractivity contribution in [1.82, 2.24) is 4.72 Å². The van der Waals surface area contributed by atoms with Crippen LogP contribution in [0, 0.1) is 0 Å². The Morgan fingerprint density at radius 2 is 2.18 bits per heavy atom. The molecule has 1 aromatic rings. The van der Waals surface area contributed by atoms with E-state index in [1.54, 1.807) is 6.07 Å². The summed E-state index contributed by atoms with van der Waals surface area (Å²) in [5, 5.41) is 17.4. The molecule has 0 radical (unpaired) electrons. The average molecular weight is 279 g/mol. The summed E-state index contributed by atoms with van der Waals surface area (Å²) in [6.07, 6.45) is 0.711. The van der Waals surface area contributed by atoms with E-state index in [0.29, 0.717) is 6.42 Å². The molecule has 1 rings (SSSR count). The monoisotopic (exact) mass is 279 g/mol. The second-order valence-corrected chi connectivity index (χ2v) is 6.38. The van der Waals surface area contributed by atoms with E-state index in [0.717, 1.165) is 16.2 Å². The van der Waals surface area contributed by atoms with Gasteiger partial charge in [0.15, 0.2) is 0 Å². The summed E-state index contributed by atoms with van der Waals surface area (Å²) < 4.78 is 25.5. The molecule has 0 aromatic carbocycles. The topological polar surface area (TPSA) is 104 Å². The Morgan fingerprint density at radius 3 is 2.59 bits per heavy atom. The third-order valence-corrected chi connectivity index (χ3v) is 5.22. The summed E-state index contributed by atoms with van der Waals surface area (Å²) in [6.45, 7) is 1.10. The van der Waals surface area contributed by atoms with Gasteiger partial charge in [-0.3, -0.25) is 4.79 Å². The molecule has 1 unspecified atom stereocenters. The first kappa shape index (κ1) is 14.1. The second kappa shape index (κ2) is 5.58. The molecular weight excluding hydrogens is 266 g/mol. The second-order valence-electron chi connectivity index (χ2n) is 3.27. The van der Waals surface area contributed by atoms with E-state index in [2.05, 4.69) is 0 Å². The van der Waals surface area contributed by atoms with Gasteiger partial charge in [-0.2, -0.15) is 4.72 Å². The summed E-state index contributed by atoms with van der Waals surface area (Å²) in [4.78, 5) is 11.5. The van der Waals surface area contributed by atoms with Gasteiger partial charge in [0.2, 0.25) is 0 Å². The first-order valence-corrected chi connectivity index (χ1v) is 7.15. The zero-order valence-corrected chi connectivity index (χ0v) is 10.7. The van der Waals surface area contributed by atoms with Crippen LogP contribution in [0.1, 0.15) is 11.8 Å². The molecule has 6 nitrogen and oxygen atoms in total. The van der Waals surface area contributed by atoms with Crippen molar-refractivity contribution in [3.8, 4) is 0 Å². The number of rotatable bonds is 6. The predicted octanol–water partition coefficient (Wildman–Crippen LogP) is 0.0343. The normalized spacial score (nSPS) is 13.5. The van der Waals surface area contributed by atoms with Crippen molar-refractivity contribution in [3.05, 3.63) is 17.0 Å². The summed E-state index contributed by atoms with van der Waals surface area (Å²) in [5.41, 5.74) is 0. The number of hydrogen-bond acceptors (Lipinski definition) is 5. The highest BCUT2D eigenvalue weighted by molar-refractivity contribution is 7.91. The molecule has 3 N–H and O–H groups in total. The van der Waals surface area contributed by atoms with Crippen molar-refractivity contribution in [3.63, 3.8) is 0 Å². The minimum absolute atomic E-state index is 0.0500. The van der Waals surface area contributed by atoms with Crippen LogP contribution in [-0.4, -0.2) is 37.2 Å². The molecular formula is C9H13NO5S2. The third-order valence-electron chi connectivity index (χ3n) is 2.03. The Morgan fingerprint density at radius 1 is 1.53 bits per heavy atom. The third kappa shape index (κ3) is 3.50. The Hall–Kier alpha value is -0.960. The van der Waals surface area contributed by atoms with Gasteiger partial charge < -0.3 is 10.2 Å². The molecule has 0 aliphatic heterocycles.